The largest absolute Gasteiger partial charge is 0.268 e. The maximum absolute atomic E-state index is 13.3. The second-order valence-corrected chi connectivity index (χ2v) is 7.73. The number of benzene rings is 2. The van der Waals surface area contributed by atoms with Crippen LogP contribution in [-0.4, -0.2) is 12.4 Å². The smallest absolute Gasteiger partial charge is 0.240 e. The lowest BCUT2D eigenvalue weighted by Crippen LogP contribution is -2.11. The maximum Gasteiger partial charge on any atom is 0.268 e. The lowest BCUT2D eigenvalue weighted by molar-refractivity contribution is 0.589. The van der Waals surface area contributed by atoms with Crippen molar-refractivity contribution in [2.45, 2.75) is 11.8 Å². The molecule has 1 aromatic heterocycles. The summed E-state index contributed by atoms with van der Waals surface area (Å²) >= 11 is 2.01. The summed E-state index contributed by atoms with van der Waals surface area (Å²) in [4.78, 5) is 0.214. The molecule has 0 radical (unpaired) electrons. The third kappa shape index (κ3) is 2.46. The van der Waals surface area contributed by atoms with Gasteiger partial charge in [0.2, 0.25) is 0 Å². The quantitative estimate of drug-likeness (QED) is 0.595. The Bertz CT molecular complexity index is 930. The second-order valence-electron chi connectivity index (χ2n) is 4.75. The molecule has 0 spiro atoms. The van der Waals surface area contributed by atoms with Gasteiger partial charge in [-0.15, -0.1) is 0 Å². The molecular formula is C15H11FINO2S. The van der Waals surface area contributed by atoms with Gasteiger partial charge in [-0.05, 0) is 59.8 Å². The highest BCUT2D eigenvalue weighted by Crippen LogP contribution is 2.27. The molecule has 1 heterocycles. The van der Waals surface area contributed by atoms with E-state index < -0.39 is 10.0 Å². The van der Waals surface area contributed by atoms with Gasteiger partial charge in [-0.1, -0.05) is 17.7 Å². The highest BCUT2D eigenvalue weighted by molar-refractivity contribution is 14.1. The number of halogens is 2. The molecular weight excluding hydrogens is 404 g/mol. The summed E-state index contributed by atoms with van der Waals surface area (Å²) in [6.45, 7) is 1.90. The minimum atomic E-state index is -3.68. The number of nitrogens with zero attached hydrogens (tertiary/aromatic N) is 1. The van der Waals surface area contributed by atoms with Crippen LogP contribution in [0.2, 0.25) is 0 Å². The third-order valence-electron chi connectivity index (χ3n) is 3.26. The van der Waals surface area contributed by atoms with Crippen molar-refractivity contribution in [3.05, 3.63) is 63.6 Å². The Morgan fingerprint density at radius 1 is 1.10 bits per heavy atom. The Balaban J connectivity index is 2.26. The van der Waals surface area contributed by atoms with Crippen molar-refractivity contribution in [3.63, 3.8) is 0 Å². The Labute approximate surface area is 135 Å². The highest BCUT2D eigenvalue weighted by Gasteiger charge is 2.20. The molecule has 2 aromatic carbocycles. The van der Waals surface area contributed by atoms with Gasteiger partial charge in [-0.2, -0.15) is 0 Å². The van der Waals surface area contributed by atoms with Crippen LogP contribution in [-0.2, 0) is 10.0 Å². The molecule has 6 heteroatoms. The van der Waals surface area contributed by atoms with Gasteiger partial charge in [0.1, 0.15) is 5.82 Å². The van der Waals surface area contributed by atoms with Crippen LogP contribution in [0.25, 0.3) is 10.9 Å². The Morgan fingerprint density at radius 2 is 1.76 bits per heavy atom. The summed E-state index contributed by atoms with van der Waals surface area (Å²) in [6.07, 6.45) is 1.51. The first kappa shape index (κ1) is 14.5. The van der Waals surface area contributed by atoms with Gasteiger partial charge >= 0.3 is 0 Å². The van der Waals surface area contributed by atoms with E-state index in [9.17, 15) is 12.8 Å². The summed E-state index contributed by atoms with van der Waals surface area (Å²) in [5, 5.41) is 0.589. The average molecular weight is 415 g/mol. The van der Waals surface area contributed by atoms with Crippen LogP contribution in [0.3, 0.4) is 0 Å². The minimum Gasteiger partial charge on any atom is -0.240 e. The van der Waals surface area contributed by atoms with Crippen LogP contribution in [0.15, 0.2) is 53.6 Å². The van der Waals surface area contributed by atoms with Crippen LogP contribution in [0.1, 0.15) is 5.56 Å². The van der Waals surface area contributed by atoms with Crippen molar-refractivity contribution < 1.29 is 12.8 Å². The molecule has 0 bridgehead atoms. The van der Waals surface area contributed by atoms with Crippen molar-refractivity contribution in [2.24, 2.45) is 0 Å². The first-order valence-corrected chi connectivity index (χ1v) is 8.70. The SMILES string of the molecule is Cc1ccc(S(=O)(=O)n2cc(I)c3cc(F)ccc32)cc1. The van der Waals surface area contributed by atoms with Crippen LogP contribution in [0, 0.1) is 16.3 Å². The van der Waals surface area contributed by atoms with Gasteiger partial charge in [0.05, 0.1) is 10.4 Å². The van der Waals surface area contributed by atoms with Crippen molar-refractivity contribution in [1.82, 2.24) is 3.97 Å². The van der Waals surface area contributed by atoms with E-state index in [-0.39, 0.29) is 10.7 Å². The number of hydrogen-bond donors (Lipinski definition) is 0. The van der Waals surface area contributed by atoms with E-state index in [4.69, 9.17) is 0 Å². The fourth-order valence-electron chi connectivity index (χ4n) is 2.16. The fraction of sp³-hybridized carbons (Fsp3) is 0.0667. The topological polar surface area (TPSA) is 39.1 Å². The van der Waals surface area contributed by atoms with Gasteiger partial charge in [0.15, 0.2) is 0 Å². The average Bonchev–Trinajstić information content (AvgIpc) is 2.77. The molecule has 21 heavy (non-hydrogen) atoms. The molecule has 0 aliphatic heterocycles. The molecule has 0 unspecified atom stereocenters. The highest BCUT2D eigenvalue weighted by atomic mass is 127. The van der Waals surface area contributed by atoms with E-state index in [0.717, 1.165) is 5.56 Å². The number of aryl methyl sites for hydroxylation is 1. The van der Waals surface area contributed by atoms with Crippen LogP contribution < -0.4 is 0 Å². The van der Waals surface area contributed by atoms with Crippen LogP contribution in [0.5, 0.6) is 0 Å². The molecule has 3 aromatic rings. The Morgan fingerprint density at radius 3 is 2.43 bits per heavy atom. The van der Waals surface area contributed by atoms with E-state index in [1.54, 1.807) is 24.3 Å². The van der Waals surface area contributed by atoms with Gasteiger partial charge in [0.25, 0.3) is 10.0 Å². The zero-order valence-corrected chi connectivity index (χ0v) is 14.0. The van der Waals surface area contributed by atoms with Crippen molar-refractivity contribution in [1.29, 1.82) is 0 Å². The number of rotatable bonds is 2. The van der Waals surface area contributed by atoms with E-state index in [0.29, 0.717) is 14.5 Å². The Hall–Kier alpha value is -1.41. The molecule has 0 amide bonds. The molecule has 3 rings (SSSR count). The minimum absolute atomic E-state index is 0.214. The van der Waals surface area contributed by atoms with Gasteiger partial charge in [-0.25, -0.2) is 16.8 Å². The summed E-state index contributed by atoms with van der Waals surface area (Å²) in [5.74, 6) is -0.383. The number of fused-ring (bicyclic) bond motifs is 1. The van der Waals surface area contributed by atoms with Crippen LogP contribution in [0.4, 0.5) is 4.39 Å². The van der Waals surface area contributed by atoms with E-state index >= 15 is 0 Å². The molecule has 0 saturated heterocycles. The molecule has 108 valence electrons. The lowest BCUT2D eigenvalue weighted by atomic mass is 10.2. The summed E-state index contributed by atoms with van der Waals surface area (Å²) < 4.78 is 40.7. The molecule has 0 N–H and O–H groups in total. The fourth-order valence-corrected chi connectivity index (χ4v) is 4.43. The van der Waals surface area contributed by atoms with E-state index in [1.165, 1.54) is 28.4 Å². The van der Waals surface area contributed by atoms with E-state index in [1.807, 2.05) is 29.5 Å². The first-order valence-electron chi connectivity index (χ1n) is 6.18. The van der Waals surface area contributed by atoms with Gasteiger partial charge < -0.3 is 0 Å². The predicted octanol–water partition coefficient (Wildman–Crippen LogP) is 3.93. The monoisotopic (exact) mass is 415 g/mol. The van der Waals surface area contributed by atoms with Crippen molar-refractivity contribution >= 4 is 43.5 Å². The molecule has 3 nitrogen and oxygen atoms in total. The zero-order valence-electron chi connectivity index (χ0n) is 11.0. The van der Waals surface area contributed by atoms with Crippen molar-refractivity contribution in [3.8, 4) is 0 Å². The van der Waals surface area contributed by atoms with E-state index in [2.05, 4.69) is 0 Å². The van der Waals surface area contributed by atoms with Crippen molar-refractivity contribution in [2.75, 3.05) is 0 Å². The summed E-state index contributed by atoms with van der Waals surface area (Å²) in [5.41, 5.74) is 1.46. The molecule has 0 saturated carbocycles. The third-order valence-corrected chi connectivity index (χ3v) is 5.81. The maximum atomic E-state index is 13.3. The standard InChI is InChI=1S/C15H11FINO2S/c1-10-2-5-12(6-3-10)21(19,20)18-9-14(17)13-8-11(16)4-7-15(13)18/h2-9H,1H3. The summed E-state index contributed by atoms with van der Waals surface area (Å²) in [6, 6.07) is 10.8. The summed E-state index contributed by atoms with van der Waals surface area (Å²) in [7, 11) is -3.68. The molecule has 0 atom stereocenters. The number of aromatic nitrogens is 1. The first-order chi connectivity index (χ1) is 9.89. The molecule has 0 aliphatic rings. The normalized spacial score (nSPS) is 12.0. The van der Waals surface area contributed by atoms with Gasteiger partial charge in [-0.3, -0.25) is 0 Å². The predicted molar refractivity (Wildman–Crippen MR) is 88.4 cm³/mol. The van der Waals surface area contributed by atoms with Crippen LogP contribution >= 0.6 is 22.6 Å². The Kier molecular flexibility index (Phi) is 3.53. The zero-order chi connectivity index (χ0) is 15.2. The number of hydrogen-bond acceptors (Lipinski definition) is 2. The molecule has 0 aliphatic carbocycles. The van der Waals surface area contributed by atoms with Gasteiger partial charge in [0, 0.05) is 15.2 Å². The lowest BCUT2D eigenvalue weighted by Gasteiger charge is -2.07. The molecule has 0 fully saturated rings. The second kappa shape index (κ2) is 5.10.